The lowest BCUT2D eigenvalue weighted by Gasteiger charge is -2.15. The summed E-state index contributed by atoms with van der Waals surface area (Å²) in [6.07, 6.45) is -2.24. The fraction of sp³-hybridized carbons (Fsp3) is 0.185. The van der Waals surface area contributed by atoms with Crippen LogP contribution in [0.1, 0.15) is 0 Å². The van der Waals surface area contributed by atoms with Crippen molar-refractivity contribution in [3.8, 4) is 28.4 Å². The Labute approximate surface area is 205 Å². The van der Waals surface area contributed by atoms with E-state index in [4.69, 9.17) is 21.1 Å². The minimum Gasteiger partial charge on any atom is -0.456 e. The first-order valence-corrected chi connectivity index (χ1v) is 11.7. The number of imidazole rings is 1. The largest absolute Gasteiger partial charge is 0.456 e. The molecule has 176 valence electrons. The summed E-state index contributed by atoms with van der Waals surface area (Å²) in [6, 6.07) is 24.8. The molecule has 1 aliphatic heterocycles. The first-order chi connectivity index (χ1) is 17.1. The normalized spacial score (nSPS) is 20.0. The molecule has 0 radical (unpaired) electrons. The summed E-state index contributed by atoms with van der Waals surface area (Å²) in [7, 11) is 0. The van der Waals surface area contributed by atoms with Crippen molar-refractivity contribution < 1.29 is 19.7 Å². The van der Waals surface area contributed by atoms with Gasteiger partial charge in [-0.25, -0.2) is 4.98 Å². The van der Waals surface area contributed by atoms with Gasteiger partial charge in [0.1, 0.15) is 12.2 Å². The first kappa shape index (κ1) is 22.0. The second-order valence-corrected chi connectivity index (χ2v) is 8.98. The smallest absolute Gasteiger partial charge is 0.296 e. The summed E-state index contributed by atoms with van der Waals surface area (Å²) in [5.41, 5.74) is 4.80. The molecule has 6 rings (SSSR count). The Bertz CT molecular complexity index is 1520. The van der Waals surface area contributed by atoms with Gasteiger partial charge in [0, 0.05) is 5.56 Å². The molecule has 2 aromatic heterocycles. The lowest BCUT2D eigenvalue weighted by Crippen LogP contribution is -2.36. The number of aliphatic hydroxyl groups excluding tert-OH is 2. The lowest BCUT2D eigenvalue weighted by atomic mass is 9.99. The Morgan fingerprint density at radius 1 is 0.943 bits per heavy atom. The fourth-order valence-electron chi connectivity index (χ4n) is 4.41. The monoisotopic (exact) mass is 487 g/mol. The zero-order valence-electron chi connectivity index (χ0n) is 18.6. The molecule has 5 aromatic rings. The molecule has 1 aliphatic rings. The summed E-state index contributed by atoms with van der Waals surface area (Å²) >= 11 is 6.56. The van der Waals surface area contributed by atoms with Crippen molar-refractivity contribution in [2.45, 2.75) is 18.3 Å². The van der Waals surface area contributed by atoms with Crippen LogP contribution in [0.3, 0.4) is 0 Å². The van der Waals surface area contributed by atoms with Gasteiger partial charge in [0.25, 0.3) is 6.01 Å². The Hall–Kier alpha value is -3.49. The number of nitrogens with one attached hydrogen (secondary N) is 1. The number of aromatic nitrogens is 3. The zero-order valence-corrected chi connectivity index (χ0v) is 19.3. The van der Waals surface area contributed by atoms with E-state index in [9.17, 15) is 10.2 Å². The molecule has 3 heterocycles. The van der Waals surface area contributed by atoms with E-state index in [1.54, 1.807) is 6.07 Å². The van der Waals surface area contributed by atoms with E-state index in [2.05, 4.69) is 57.4 Å². The lowest BCUT2D eigenvalue weighted by molar-refractivity contribution is -0.00390. The SMILES string of the molecule is OCC1OCC(Oc2nc3nc(-c4ccc(-c5ccc6ccccc6c5)cc4)c(Cl)cc3[nH]2)C1O. The number of benzene rings is 3. The molecule has 1 saturated heterocycles. The van der Waals surface area contributed by atoms with Crippen molar-refractivity contribution >= 4 is 33.5 Å². The van der Waals surface area contributed by atoms with Crippen molar-refractivity contribution in [3.63, 3.8) is 0 Å². The fourth-order valence-corrected chi connectivity index (χ4v) is 4.67. The number of aliphatic hydroxyl groups is 2. The van der Waals surface area contributed by atoms with Crippen molar-refractivity contribution in [2.24, 2.45) is 0 Å². The van der Waals surface area contributed by atoms with Gasteiger partial charge in [-0.1, -0.05) is 72.3 Å². The number of fused-ring (bicyclic) bond motifs is 2. The van der Waals surface area contributed by atoms with Crippen LogP contribution in [0.4, 0.5) is 0 Å². The van der Waals surface area contributed by atoms with E-state index in [1.165, 1.54) is 10.8 Å². The second kappa shape index (κ2) is 8.94. The van der Waals surface area contributed by atoms with Gasteiger partial charge in [-0.2, -0.15) is 4.98 Å². The van der Waals surface area contributed by atoms with Crippen LogP contribution in [0.2, 0.25) is 5.02 Å². The number of hydrogen-bond donors (Lipinski definition) is 3. The summed E-state index contributed by atoms with van der Waals surface area (Å²) in [4.78, 5) is 12.1. The predicted molar refractivity (Wildman–Crippen MR) is 135 cm³/mol. The van der Waals surface area contributed by atoms with Gasteiger partial charge >= 0.3 is 0 Å². The number of nitrogens with zero attached hydrogens (tertiary/aromatic N) is 2. The van der Waals surface area contributed by atoms with E-state index in [-0.39, 0.29) is 19.2 Å². The van der Waals surface area contributed by atoms with Crippen LogP contribution in [0.15, 0.2) is 72.8 Å². The number of rotatable bonds is 5. The van der Waals surface area contributed by atoms with E-state index >= 15 is 0 Å². The van der Waals surface area contributed by atoms with Gasteiger partial charge in [0.15, 0.2) is 11.8 Å². The predicted octanol–water partition coefficient (Wildman–Crippen LogP) is 4.60. The minimum absolute atomic E-state index is 0.159. The van der Waals surface area contributed by atoms with E-state index in [1.807, 2.05) is 24.3 Å². The zero-order chi connectivity index (χ0) is 23.9. The van der Waals surface area contributed by atoms with Gasteiger partial charge < -0.3 is 24.7 Å². The molecule has 8 heteroatoms. The molecule has 7 nitrogen and oxygen atoms in total. The van der Waals surface area contributed by atoms with Gasteiger partial charge in [-0.3, -0.25) is 0 Å². The van der Waals surface area contributed by atoms with Gasteiger partial charge in [0.2, 0.25) is 0 Å². The van der Waals surface area contributed by atoms with Crippen LogP contribution >= 0.6 is 11.6 Å². The highest BCUT2D eigenvalue weighted by atomic mass is 35.5. The molecule has 3 atom stereocenters. The number of pyridine rings is 1. The molecule has 1 fully saturated rings. The van der Waals surface area contributed by atoms with Crippen LogP contribution in [-0.2, 0) is 4.74 Å². The standard InChI is InChI=1S/C27H22ClN3O4/c28-20-12-21-26(31-27(29-21)35-23-14-34-22(13-32)25(23)33)30-24(20)17-8-5-16(6-9-17)19-10-7-15-3-1-2-4-18(15)11-19/h1-12,22-23,25,32-33H,13-14H2,(H,29,30,31). The summed E-state index contributed by atoms with van der Waals surface area (Å²) in [6.45, 7) is -0.117. The molecular formula is C27H22ClN3O4. The molecule has 3 unspecified atom stereocenters. The van der Waals surface area contributed by atoms with Crippen molar-refractivity contribution in [1.29, 1.82) is 0 Å². The maximum absolute atomic E-state index is 10.2. The molecule has 0 amide bonds. The van der Waals surface area contributed by atoms with E-state index in [0.29, 0.717) is 21.9 Å². The molecular weight excluding hydrogens is 466 g/mol. The quantitative estimate of drug-likeness (QED) is 0.335. The Morgan fingerprint density at radius 3 is 2.46 bits per heavy atom. The van der Waals surface area contributed by atoms with Crippen LogP contribution in [0, 0.1) is 0 Å². The Morgan fingerprint density at radius 2 is 1.69 bits per heavy atom. The molecule has 35 heavy (non-hydrogen) atoms. The molecule has 3 aromatic carbocycles. The second-order valence-electron chi connectivity index (χ2n) is 8.57. The third kappa shape index (κ3) is 4.13. The highest BCUT2D eigenvalue weighted by molar-refractivity contribution is 6.33. The van der Waals surface area contributed by atoms with Crippen molar-refractivity contribution in [1.82, 2.24) is 15.0 Å². The Balaban J connectivity index is 1.26. The highest BCUT2D eigenvalue weighted by Gasteiger charge is 2.37. The van der Waals surface area contributed by atoms with Crippen molar-refractivity contribution in [3.05, 3.63) is 77.8 Å². The number of halogens is 1. The maximum Gasteiger partial charge on any atom is 0.296 e. The van der Waals surface area contributed by atoms with Crippen LogP contribution in [0.25, 0.3) is 44.3 Å². The molecule has 0 saturated carbocycles. The third-order valence-electron chi connectivity index (χ3n) is 6.33. The maximum atomic E-state index is 10.2. The van der Waals surface area contributed by atoms with Gasteiger partial charge in [-0.05, 0) is 34.0 Å². The number of aromatic amines is 1. The number of H-pyrrole nitrogens is 1. The summed E-state index contributed by atoms with van der Waals surface area (Å²) < 4.78 is 11.1. The average Bonchev–Trinajstić information content (AvgIpc) is 3.45. The number of hydrogen-bond acceptors (Lipinski definition) is 6. The van der Waals surface area contributed by atoms with Crippen molar-refractivity contribution in [2.75, 3.05) is 13.2 Å². The molecule has 3 N–H and O–H groups in total. The summed E-state index contributed by atoms with van der Waals surface area (Å²) in [5, 5.41) is 22.3. The molecule has 0 aliphatic carbocycles. The molecule has 0 spiro atoms. The van der Waals surface area contributed by atoms with Crippen LogP contribution < -0.4 is 4.74 Å². The topological polar surface area (TPSA) is 100 Å². The summed E-state index contributed by atoms with van der Waals surface area (Å²) in [5.74, 6) is 0. The average molecular weight is 488 g/mol. The van der Waals surface area contributed by atoms with Crippen LogP contribution in [-0.4, -0.2) is 56.7 Å². The highest BCUT2D eigenvalue weighted by Crippen LogP contribution is 2.32. The Kier molecular flexibility index (Phi) is 5.62. The van der Waals surface area contributed by atoms with E-state index in [0.717, 1.165) is 16.7 Å². The first-order valence-electron chi connectivity index (χ1n) is 11.3. The number of ether oxygens (including phenoxy) is 2. The van der Waals surface area contributed by atoms with Crippen LogP contribution in [0.5, 0.6) is 6.01 Å². The van der Waals surface area contributed by atoms with Gasteiger partial charge in [0.05, 0.1) is 29.4 Å². The molecule has 0 bridgehead atoms. The van der Waals surface area contributed by atoms with E-state index < -0.39 is 18.3 Å². The third-order valence-corrected chi connectivity index (χ3v) is 6.61. The van der Waals surface area contributed by atoms with Gasteiger partial charge in [-0.15, -0.1) is 0 Å². The minimum atomic E-state index is -0.943.